The molecule has 0 spiro atoms. The maximum atomic E-state index is 12.4. The number of hydrogen-bond donors (Lipinski definition) is 2. The second kappa shape index (κ2) is 5.75. The first-order valence-corrected chi connectivity index (χ1v) is 6.33. The number of nitrogens with two attached hydrogens (primary N) is 2. The molecular formula is C15H13ClN2O2. The van der Waals surface area contributed by atoms with E-state index >= 15 is 0 Å². The van der Waals surface area contributed by atoms with Crippen molar-refractivity contribution >= 4 is 29.0 Å². The van der Waals surface area contributed by atoms with E-state index in [-0.39, 0.29) is 17.9 Å². The smallest absolute Gasteiger partial charge is 0.221 e. The van der Waals surface area contributed by atoms with E-state index in [0.29, 0.717) is 21.7 Å². The summed E-state index contributed by atoms with van der Waals surface area (Å²) < 4.78 is 0. The van der Waals surface area contributed by atoms with E-state index in [2.05, 4.69) is 0 Å². The van der Waals surface area contributed by atoms with Crippen LogP contribution in [0.3, 0.4) is 0 Å². The Morgan fingerprint density at radius 1 is 1.05 bits per heavy atom. The summed E-state index contributed by atoms with van der Waals surface area (Å²) in [4.78, 5) is 23.4. The molecular weight excluding hydrogens is 276 g/mol. The van der Waals surface area contributed by atoms with Crippen LogP contribution in [0, 0.1) is 0 Å². The molecule has 4 nitrogen and oxygen atoms in total. The molecule has 4 N–H and O–H groups in total. The molecule has 2 aromatic carbocycles. The van der Waals surface area contributed by atoms with Crippen molar-refractivity contribution in [3.8, 4) is 0 Å². The Labute approximate surface area is 121 Å². The average Bonchev–Trinajstić information content (AvgIpc) is 2.41. The molecule has 0 aliphatic heterocycles. The molecule has 0 atom stereocenters. The highest BCUT2D eigenvalue weighted by atomic mass is 35.5. The van der Waals surface area contributed by atoms with Gasteiger partial charge in [0, 0.05) is 21.8 Å². The second-order valence-corrected chi connectivity index (χ2v) is 4.79. The Kier molecular flexibility index (Phi) is 4.05. The number of hydrogen-bond acceptors (Lipinski definition) is 3. The molecule has 102 valence electrons. The van der Waals surface area contributed by atoms with Crippen LogP contribution in [-0.4, -0.2) is 11.7 Å². The van der Waals surface area contributed by atoms with E-state index in [1.54, 1.807) is 42.5 Å². The van der Waals surface area contributed by atoms with Crippen LogP contribution in [0.15, 0.2) is 42.5 Å². The summed E-state index contributed by atoms with van der Waals surface area (Å²) >= 11 is 5.79. The minimum atomic E-state index is -0.493. The van der Waals surface area contributed by atoms with Crippen molar-refractivity contribution in [3.63, 3.8) is 0 Å². The Hall–Kier alpha value is -2.33. The molecule has 5 heteroatoms. The lowest BCUT2D eigenvalue weighted by Gasteiger charge is -2.09. The predicted molar refractivity (Wildman–Crippen MR) is 78.6 cm³/mol. The summed E-state index contributed by atoms with van der Waals surface area (Å²) in [5.41, 5.74) is 12.8. The quantitative estimate of drug-likeness (QED) is 0.668. The predicted octanol–water partition coefficient (Wildman–Crippen LogP) is 2.18. The summed E-state index contributed by atoms with van der Waals surface area (Å²) in [6, 6.07) is 11.5. The lowest BCUT2D eigenvalue weighted by molar-refractivity contribution is -0.117. The van der Waals surface area contributed by atoms with Crippen molar-refractivity contribution in [1.82, 2.24) is 0 Å². The number of anilines is 1. The van der Waals surface area contributed by atoms with Gasteiger partial charge in [-0.2, -0.15) is 0 Å². The highest BCUT2D eigenvalue weighted by Crippen LogP contribution is 2.22. The monoisotopic (exact) mass is 288 g/mol. The zero-order valence-corrected chi connectivity index (χ0v) is 11.4. The van der Waals surface area contributed by atoms with Crippen LogP contribution >= 0.6 is 11.6 Å². The van der Waals surface area contributed by atoms with Crippen molar-refractivity contribution in [2.24, 2.45) is 5.73 Å². The van der Waals surface area contributed by atoms with Gasteiger partial charge in [0.2, 0.25) is 5.91 Å². The minimum Gasteiger partial charge on any atom is -0.398 e. The van der Waals surface area contributed by atoms with Crippen LogP contribution in [-0.2, 0) is 11.2 Å². The van der Waals surface area contributed by atoms with Gasteiger partial charge >= 0.3 is 0 Å². The fraction of sp³-hybridized carbons (Fsp3) is 0.0667. The first-order chi connectivity index (χ1) is 9.49. The molecule has 0 fully saturated rings. The summed E-state index contributed by atoms with van der Waals surface area (Å²) in [5, 5.41) is 0.553. The van der Waals surface area contributed by atoms with Gasteiger partial charge in [0.15, 0.2) is 5.78 Å². The largest absolute Gasteiger partial charge is 0.398 e. The maximum Gasteiger partial charge on any atom is 0.221 e. The van der Waals surface area contributed by atoms with Gasteiger partial charge in [-0.3, -0.25) is 9.59 Å². The van der Waals surface area contributed by atoms with Crippen molar-refractivity contribution in [1.29, 1.82) is 0 Å². The number of carbonyl (C=O) groups is 2. The van der Waals surface area contributed by atoms with Crippen LogP contribution in [0.25, 0.3) is 0 Å². The summed E-state index contributed by atoms with van der Waals surface area (Å²) in [7, 11) is 0. The Balaban J connectivity index is 2.39. The van der Waals surface area contributed by atoms with E-state index < -0.39 is 5.91 Å². The number of carbonyl (C=O) groups excluding carboxylic acids is 2. The van der Waals surface area contributed by atoms with Crippen molar-refractivity contribution in [2.45, 2.75) is 6.42 Å². The number of rotatable bonds is 4. The molecule has 0 heterocycles. The number of ketones is 1. The topological polar surface area (TPSA) is 86.2 Å². The fourth-order valence-corrected chi connectivity index (χ4v) is 2.04. The third-order valence-corrected chi connectivity index (χ3v) is 3.16. The lowest BCUT2D eigenvalue weighted by Crippen LogP contribution is -2.16. The van der Waals surface area contributed by atoms with E-state index in [9.17, 15) is 9.59 Å². The molecule has 20 heavy (non-hydrogen) atoms. The number of amides is 1. The van der Waals surface area contributed by atoms with Gasteiger partial charge in [-0.25, -0.2) is 0 Å². The van der Waals surface area contributed by atoms with Crippen LogP contribution in [0.1, 0.15) is 21.5 Å². The van der Waals surface area contributed by atoms with Crippen molar-refractivity contribution in [3.05, 3.63) is 64.2 Å². The lowest BCUT2D eigenvalue weighted by atomic mass is 9.98. The zero-order chi connectivity index (χ0) is 14.7. The third kappa shape index (κ3) is 2.97. The highest BCUT2D eigenvalue weighted by Gasteiger charge is 2.15. The molecule has 0 aromatic heterocycles. The van der Waals surface area contributed by atoms with E-state index in [1.165, 1.54) is 0 Å². The Morgan fingerprint density at radius 2 is 1.70 bits per heavy atom. The maximum absolute atomic E-state index is 12.4. The summed E-state index contributed by atoms with van der Waals surface area (Å²) in [6.45, 7) is 0. The standard InChI is InChI=1S/C15H13ClN2O2/c16-11-6-4-9(5-7-11)15(20)12-3-1-2-10(14(12)18)8-13(17)19/h1-7H,8,18H2,(H2,17,19). The fourth-order valence-electron chi connectivity index (χ4n) is 1.91. The first kappa shape index (κ1) is 14.1. The number of primary amides is 1. The first-order valence-electron chi connectivity index (χ1n) is 5.95. The molecule has 0 radical (unpaired) electrons. The van der Waals surface area contributed by atoms with Gasteiger partial charge < -0.3 is 11.5 Å². The molecule has 0 unspecified atom stereocenters. The van der Waals surface area contributed by atoms with Crippen molar-refractivity contribution < 1.29 is 9.59 Å². The molecule has 0 aliphatic carbocycles. The molecule has 0 saturated carbocycles. The normalized spacial score (nSPS) is 10.2. The van der Waals surface area contributed by atoms with Crippen LogP contribution < -0.4 is 11.5 Å². The van der Waals surface area contributed by atoms with E-state index in [4.69, 9.17) is 23.1 Å². The summed E-state index contributed by atoms with van der Waals surface area (Å²) in [6.07, 6.45) is 0.00751. The van der Waals surface area contributed by atoms with E-state index in [0.717, 1.165) is 0 Å². The van der Waals surface area contributed by atoms with Gasteiger partial charge in [-0.1, -0.05) is 23.7 Å². The van der Waals surface area contributed by atoms with Crippen LogP contribution in [0.4, 0.5) is 5.69 Å². The average molecular weight is 289 g/mol. The van der Waals surface area contributed by atoms with Gasteiger partial charge in [-0.05, 0) is 35.9 Å². The van der Waals surface area contributed by atoms with E-state index in [1.807, 2.05) is 0 Å². The van der Waals surface area contributed by atoms with Crippen molar-refractivity contribution in [2.75, 3.05) is 5.73 Å². The SMILES string of the molecule is NC(=O)Cc1cccc(C(=O)c2ccc(Cl)cc2)c1N. The minimum absolute atomic E-state index is 0.00751. The van der Waals surface area contributed by atoms with Gasteiger partial charge in [0.25, 0.3) is 0 Å². The highest BCUT2D eigenvalue weighted by molar-refractivity contribution is 6.30. The number of halogens is 1. The molecule has 0 bridgehead atoms. The molecule has 0 aliphatic rings. The Morgan fingerprint density at radius 3 is 2.30 bits per heavy atom. The van der Waals surface area contributed by atoms with Gasteiger partial charge in [0.05, 0.1) is 6.42 Å². The second-order valence-electron chi connectivity index (χ2n) is 4.36. The molecule has 0 saturated heterocycles. The van der Waals surface area contributed by atoms with Gasteiger partial charge in [-0.15, -0.1) is 0 Å². The molecule has 2 aromatic rings. The number of para-hydroxylation sites is 1. The van der Waals surface area contributed by atoms with Gasteiger partial charge in [0.1, 0.15) is 0 Å². The number of benzene rings is 2. The molecule has 2 rings (SSSR count). The third-order valence-electron chi connectivity index (χ3n) is 2.91. The number of nitrogen functional groups attached to an aromatic ring is 1. The van der Waals surface area contributed by atoms with Crippen LogP contribution in [0.5, 0.6) is 0 Å². The zero-order valence-electron chi connectivity index (χ0n) is 10.6. The van der Waals surface area contributed by atoms with Crippen LogP contribution in [0.2, 0.25) is 5.02 Å². The molecule has 1 amide bonds. The summed E-state index contributed by atoms with van der Waals surface area (Å²) in [5.74, 6) is -0.710. The Bertz CT molecular complexity index is 666.